The molecule has 0 aromatic heterocycles. The van der Waals surface area contributed by atoms with Crippen LogP contribution in [0.5, 0.6) is 0 Å². The first-order chi connectivity index (χ1) is 8.10. The summed E-state index contributed by atoms with van der Waals surface area (Å²) in [7, 11) is 1.70. The number of ether oxygens (including phenoxy) is 2. The number of aliphatic hydroxyl groups is 1. The van der Waals surface area contributed by atoms with Crippen LogP contribution in [0.1, 0.15) is 33.1 Å². The van der Waals surface area contributed by atoms with Gasteiger partial charge < -0.3 is 14.6 Å². The lowest BCUT2D eigenvalue weighted by Gasteiger charge is -2.37. The Hall–Kier alpha value is -0.560. The van der Waals surface area contributed by atoms with Crippen molar-refractivity contribution in [2.24, 2.45) is 11.8 Å². The Balaban J connectivity index is 2.51. The molecule has 0 aliphatic heterocycles. The van der Waals surface area contributed by atoms with Crippen molar-refractivity contribution in [3.63, 3.8) is 0 Å². The van der Waals surface area contributed by atoms with Crippen LogP contribution < -0.4 is 0 Å². The van der Waals surface area contributed by atoms with Crippen LogP contribution in [0.2, 0.25) is 0 Å². The van der Waals surface area contributed by atoms with Gasteiger partial charge in [-0.3, -0.25) is 0 Å². The van der Waals surface area contributed by atoms with Crippen molar-refractivity contribution < 1.29 is 14.6 Å². The zero-order valence-corrected chi connectivity index (χ0v) is 11.1. The normalized spacial score (nSPS) is 31.2. The van der Waals surface area contributed by atoms with Crippen LogP contribution in [0.15, 0.2) is 0 Å². The maximum atomic E-state index is 10.1. The van der Waals surface area contributed by atoms with E-state index in [1.54, 1.807) is 7.11 Å². The van der Waals surface area contributed by atoms with Gasteiger partial charge in [0.05, 0.1) is 18.3 Å². The Morgan fingerprint density at radius 1 is 1.35 bits per heavy atom. The number of terminal acetylenes is 1. The van der Waals surface area contributed by atoms with Gasteiger partial charge in [-0.15, -0.1) is 6.42 Å². The summed E-state index contributed by atoms with van der Waals surface area (Å²) in [5.41, 5.74) is 0. The van der Waals surface area contributed by atoms with Crippen molar-refractivity contribution in [2.45, 2.75) is 51.4 Å². The molecule has 0 saturated heterocycles. The summed E-state index contributed by atoms with van der Waals surface area (Å²) >= 11 is 0. The fourth-order valence-electron chi connectivity index (χ4n) is 2.58. The summed E-state index contributed by atoms with van der Waals surface area (Å²) < 4.78 is 11.0. The molecule has 1 saturated carbocycles. The Bertz CT molecular complexity index is 257. The van der Waals surface area contributed by atoms with Crippen molar-refractivity contribution >= 4 is 0 Å². The lowest BCUT2D eigenvalue weighted by molar-refractivity contribution is -0.0971. The maximum Gasteiger partial charge on any atom is 0.107 e. The quantitative estimate of drug-likeness (QED) is 0.745. The number of rotatable bonds is 5. The zero-order valence-electron chi connectivity index (χ0n) is 11.1. The van der Waals surface area contributed by atoms with E-state index in [1.807, 2.05) is 13.8 Å². The molecular weight excluding hydrogens is 216 g/mol. The van der Waals surface area contributed by atoms with E-state index in [4.69, 9.17) is 15.9 Å². The first-order valence-corrected chi connectivity index (χ1v) is 6.36. The van der Waals surface area contributed by atoms with Crippen molar-refractivity contribution in [1.29, 1.82) is 0 Å². The van der Waals surface area contributed by atoms with Crippen molar-refractivity contribution in [2.75, 3.05) is 13.7 Å². The van der Waals surface area contributed by atoms with Gasteiger partial charge in [0.1, 0.15) is 6.61 Å². The van der Waals surface area contributed by atoms with Crippen LogP contribution in [-0.2, 0) is 9.47 Å². The summed E-state index contributed by atoms with van der Waals surface area (Å²) in [5.74, 6) is 3.09. The van der Waals surface area contributed by atoms with Gasteiger partial charge in [-0.25, -0.2) is 0 Å². The second kappa shape index (κ2) is 7.00. The Labute approximate surface area is 104 Å². The van der Waals surface area contributed by atoms with Gasteiger partial charge in [0.25, 0.3) is 0 Å². The van der Waals surface area contributed by atoms with E-state index in [9.17, 15) is 5.11 Å². The maximum absolute atomic E-state index is 10.1. The van der Waals surface area contributed by atoms with Crippen molar-refractivity contribution in [3.8, 4) is 12.3 Å². The highest BCUT2D eigenvalue weighted by Gasteiger charge is 2.35. The molecule has 1 N–H and O–H groups in total. The molecule has 3 nitrogen and oxygen atoms in total. The molecule has 1 rings (SSSR count). The van der Waals surface area contributed by atoms with E-state index in [0.29, 0.717) is 18.4 Å². The molecule has 0 amide bonds. The van der Waals surface area contributed by atoms with Gasteiger partial charge in [-0.2, -0.15) is 0 Å². The third-order valence-corrected chi connectivity index (χ3v) is 3.62. The molecular formula is C14H24O3. The minimum Gasteiger partial charge on any atom is -0.393 e. The van der Waals surface area contributed by atoms with Crippen molar-refractivity contribution in [1.82, 2.24) is 0 Å². The highest BCUT2D eigenvalue weighted by Crippen LogP contribution is 2.32. The Kier molecular flexibility index (Phi) is 5.97. The summed E-state index contributed by atoms with van der Waals surface area (Å²) in [6.45, 7) is 4.43. The molecule has 0 spiro atoms. The average molecular weight is 240 g/mol. The summed E-state index contributed by atoms with van der Waals surface area (Å²) in [4.78, 5) is 0. The van der Waals surface area contributed by atoms with Gasteiger partial charge in [0.15, 0.2) is 0 Å². The SMILES string of the molecule is C#CCOC1CCC(C(O)C(C)C)CC1OC. The fraction of sp³-hybridized carbons (Fsp3) is 0.857. The van der Waals surface area contributed by atoms with E-state index in [2.05, 4.69) is 5.92 Å². The lowest BCUT2D eigenvalue weighted by atomic mass is 9.79. The minimum absolute atomic E-state index is 0.0514. The Morgan fingerprint density at radius 3 is 2.59 bits per heavy atom. The van der Waals surface area contributed by atoms with Crippen LogP contribution in [0.25, 0.3) is 0 Å². The largest absolute Gasteiger partial charge is 0.393 e. The van der Waals surface area contributed by atoms with Crippen molar-refractivity contribution in [3.05, 3.63) is 0 Å². The van der Waals surface area contributed by atoms with Gasteiger partial charge in [-0.05, 0) is 31.1 Å². The molecule has 98 valence electrons. The van der Waals surface area contributed by atoms with Crippen LogP contribution >= 0.6 is 0 Å². The highest BCUT2D eigenvalue weighted by molar-refractivity contribution is 4.88. The highest BCUT2D eigenvalue weighted by atomic mass is 16.5. The standard InChI is InChI=1S/C14H24O3/c1-5-8-17-12-7-6-11(9-13(12)16-4)14(15)10(2)3/h1,10-15H,6-9H2,2-4H3. The number of hydrogen-bond donors (Lipinski definition) is 1. The molecule has 0 bridgehead atoms. The molecule has 1 aliphatic rings. The first-order valence-electron chi connectivity index (χ1n) is 6.36. The molecule has 4 atom stereocenters. The van der Waals surface area contributed by atoms with Gasteiger partial charge >= 0.3 is 0 Å². The molecule has 4 unspecified atom stereocenters. The monoisotopic (exact) mass is 240 g/mol. The average Bonchev–Trinajstić information content (AvgIpc) is 2.35. The van der Waals surface area contributed by atoms with Gasteiger partial charge in [0, 0.05) is 7.11 Å². The number of aliphatic hydroxyl groups excluding tert-OH is 1. The van der Waals surface area contributed by atoms with E-state index in [0.717, 1.165) is 19.3 Å². The second-order valence-electron chi connectivity index (χ2n) is 5.14. The molecule has 1 aliphatic carbocycles. The molecule has 0 aromatic rings. The third kappa shape index (κ3) is 3.99. The summed E-state index contributed by atoms with van der Waals surface area (Å²) in [6.07, 6.45) is 7.81. The Morgan fingerprint density at radius 2 is 2.06 bits per heavy atom. The van der Waals surface area contributed by atoms with Crippen LogP contribution in [-0.4, -0.2) is 37.1 Å². The summed E-state index contributed by atoms with van der Waals surface area (Å²) in [5, 5.41) is 10.1. The smallest absolute Gasteiger partial charge is 0.107 e. The van der Waals surface area contributed by atoms with E-state index < -0.39 is 0 Å². The summed E-state index contributed by atoms with van der Waals surface area (Å²) in [6, 6.07) is 0. The molecule has 3 heteroatoms. The van der Waals surface area contributed by atoms with E-state index in [-0.39, 0.29) is 18.3 Å². The molecule has 1 fully saturated rings. The fourth-order valence-corrected chi connectivity index (χ4v) is 2.58. The predicted molar refractivity (Wildman–Crippen MR) is 67.6 cm³/mol. The van der Waals surface area contributed by atoms with Gasteiger partial charge in [-0.1, -0.05) is 19.8 Å². The topological polar surface area (TPSA) is 38.7 Å². The zero-order chi connectivity index (χ0) is 12.8. The second-order valence-corrected chi connectivity index (χ2v) is 5.14. The molecule has 0 heterocycles. The first kappa shape index (κ1) is 14.5. The molecule has 0 radical (unpaired) electrons. The van der Waals surface area contributed by atoms with E-state index >= 15 is 0 Å². The number of hydrogen-bond acceptors (Lipinski definition) is 3. The van der Waals surface area contributed by atoms with Crippen LogP contribution in [0, 0.1) is 24.2 Å². The lowest BCUT2D eigenvalue weighted by Crippen LogP contribution is -2.41. The van der Waals surface area contributed by atoms with E-state index in [1.165, 1.54) is 0 Å². The molecule has 0 aromatic carbocycles. The minimum atomic E-state index is -0.249. The third-order valence-electron chi connectivity index (χ3n) is 3.62. The molecule has 17 heavy (non-hydrogen) atoms. The predicted octanol–water partition coefficient (Wildman–Crippen LogP) is 1.84. The van der Waals surface area contributed by atoms with Crippen LogP contribution in [0.4, 0.5) is 0 Å². The number of methoxy groups -OCH3 is 1. The van der Waals surface area contributed by atoms with Crippen LogP contribution in [0.3, 0.4) is 0 Å². The van der Waals surface area contributed by atoms with Gasteiger partial charge in [0.2, 0.25) is 0 Å².